The minimum absolute atomic E-state index is 0. The van der Waals surface area contributed by atoms with Crippen LogP contribution in [0.5, 0.6) is 0 Å². The Kier molecular flexibility index (Phi) is 14.7. The average molecular weight is 283 g/mol. The Morgan fingerprint density at radius 3 is 2.14 bits per heavy atom. The fourth-order valence-corrected chi connectivity index (χ4v) is 0.800. The topological polar surface area (TPSA) is 62.4 Å². The molecule has 0 heterocycles. The summed E-state index contributed by atoms with van der Waals surface area (Å²) in [5.41, 5.74) is 15.4. The van der Waals surface area contributed by atoms with E-state index in [2.05, 4.69) is 4.79 Å². The predicted octanol–water partition coefficient (Wildman–Crippen LogP) is -4.88. The monoisotopic (exact) mass is 281 g/mol. The number of halogens is 2. The molecule has 1 aromatic rings. The van der Waals surface area contributed by atoms with E-state index in [0.717, 1.165) is 11.3 Å². The van der Waals surface area contributed by atoms with Gasteiger partial charge in [-0.3, -0.25) is 0 Å². The van der Waals surface area contributed by atoms with Crippen molar-refractivity contribution >= 4 is 11.9 Å². The molecule has 0 spiro atoms. The molecule has 3 nitrogen and oxygen atoms in total. The van der Waals surface area contributed by atoms with Crippen LogP contribution in [0.25, 0.3) is 5.53 Å². The summed E-state index contributed by atoms with van der Waals surface area (Å²) < 4.78 is 0. The maximum absolute atomic E-state index is 8.13. The van der Waals surface area contributed by atoms with Gasteiger partial charge in [0, 0.05) is 5.69 Å². The molecule has 0 saturated carbocycles. The van der Waals surface area contributed by atoms with Gasteiger partial charge in [-0.1, -0.05) is 12.1 Å². The van der Waals surface area contributed by atoms with E-state index in [9.17, 15) is 0 Å². The molecular weight excluding hydrogens is 274 g/mol. The Hall–Kier alpha value is -0.397. The fourth-order valence-electron chi connectivity index (χ4n) is 0.800. The zero-order valence-electron chi connectivity index (χ0n) is 7.53. The minimum atomic E-state index is 0. The number of hydrogen-bond acceptors (Lipinski definition) is 1. The molecule has 6 heteroatoms. The van der Waals surface area contributed by atoms with Crippen molar-refractivity contribution in [3.8, 4) is 0 Å². The van der Waals surface area contributed by atoms with Gasteiger partial charge in [0.1, 0.15) is 0 Å². The van der Waals surface area contributed by atoms with Crippen LogP contribution < -0.4 is 30.5 Å². The van der Waals surface area contributed by atoms with Crippen LogP contribution in [0.1, 0.15) is 5.56 Å². The van der Waals surface area contributed by atoms with Crippen molar-refractivity contribution in [2.24, 2.45) is 0 Å². The molecule has 0 fully saturated rings. The summed E-state index contributed by atoms with van der Waals surface area (Å²) in [6, 6.07) is 7.44. The van der Waals surface area contributed by atoms with Crippen LogP contribution in [0, 0.1) is 0 Å². The molecular formula is C8H9Cl2N3Zn. The van der Waals surface area contributed by atoms with Crippen LogP contribution in [0.4, 0.5) is 5.69 Å². The first-order valence-corrected chi connectivity index (χ1v) is 3.33. The zero-order chi connectivity index (χ0) is 8.10. The van der Waals surface area contributed by atoms with Crippen molar-refractivity contribution in [1.29, 1.82) is 0 Å². The van der Waals surface area contributed by atoms with Gasteiger partial charge in [0.05, 0.1) is 6.42 Å². The summed E-state index contributed by atoms with van der Waals surface area (Å²) >= 11 is 0. The summed E-state index contributed by atoms with van der Waals surface area (Å²) in [5, 5.41) is 0. The van der Waals surface area contributed by atoms with Crippen molar-refractivity contribution in [2.45, 2.75) is 6.42 Å². The Morgan fingerprint density at radius 2 is 1.71 bits per heavy atom. The standard InChI is InChI=1S/C8H9N3.2ClH.Zn/c9-8-3-1-7(2-4-8)5-6-11-10;;;/h1-4,6H,5,9H2;2*1H;/q;;;+2/p-2. The first-order chi connectivity index (χ1) is 5.33. The second-order valence-electron chi connectivity index (χ2n) is 2.24. The van der Waals surface area contributed by atoms with Crippen molar-refractivity contribution in [2.75, 3.05) is 5.73 Å². The Morgan fingerprint density at radius 1 is 1.21 bits per heavy atom. The van der Waals surface area contributed by atoms with E-state index in [0.29, 0.717) is 6.42 Å². The van der Waals surface area contributed by atoms with Crippen LogP contribution in [0.2, 0.25) is 0 Å². The fraction of sp³-hybridized carbons (Fsp3) is 0.125. The third kappa shape index (κ3) is 7.05. The summed E-state index contributed by atoms with van der Waals surface area (Å²) in [5.74, 6) is 0. The summed E-state index contributed by atoms with van der Waals surface area (Å²) in [6.07, 6.45) is 2.07. The van der Waals surface area contributed by atoms with E-state index < -0.39 is 0 Å². The number of nitrogens with zero attached hydrogens (tertiary/aromatic N) is 2. The van der Waals surface area contributed by atoms with Gasteiger partial charge in [-0.15, -0.1) is 0 Å². The van der Waals surface area contributed by atoms with Crippen LogP contribution in [0.3, 0.4) is 0 Å². The van der Waals surface area contributed by atoms with Crippen molar-refractivity contribution < 1.29 is 49.1 Å². The average Bonchev–Trinajstić information content (AvgIpc) is 2.04. The van der Waals surface area contributed by atoms with Gasteiger partial charge < -0.3 is 36.1 Å². The number of benzene rings is 1. The number of nitrogen functional groups attached to an aromatic ring is 1. The van der Waals surface area contributed by atoms with Gasteiger partial charge in [0.2, 0.25) is 0 Å². The number of anilines is 1. The Labute approximate surface area is 108 Å². The predicted molar refractivity (Wildman–Crippen MR) is 44.2 cm³/mol. The van der Waals surface area contributed by atoms with E-state index in [-0.39, 0.29) is 44.3 Å². The molecule has 0 aliphatic carbocycles. The van der Waals surface area contributed by atoms with Gasteiger partial charge in [0.25, 0.3) is 6.21 Å². The zero-order valence-corrected chi connectivity index (χ0v) is 12.0. The molecule has 0 unspecified atom stereocenters. The van der Waals surface area contributed by atoms with Crippen LogP contribution in [-0.2, 0) is 25.9 Å². The quantitative estimate of drug-likeness (QED) is 0.191. The van der Waals surface area contributed by atoms with Crippen molar-refractivity contribution in [1.82, 2.24) is 0 Å². The summed E-state index contributed by atoms with van der Waals surface area (Å²) in [6.45, 7) is 0. The maximum atomic E-state index is 8.13. The molecule has 14 heavy (non-hydrogen) atoms. The molecule has 0 radical (unpaired) electrons. The van der Waals surface area contributed by atoms with Gasteiger partial charge >= 0.3 is 19.5 Å². The Balaban J connectivity index is -0.000000403. The smallest absolute Gasteiger partial charge is 1.00 e. The van der Waals surface area contributed by atoms with Crippen LogP contribution >= 0.6 is 0 Å². The molecule has 0 aliphatic rings. The molecule has 0 bridgehead atoms. The van der Waals surface area contributed by atoms with Crippen LogP contribution in [-0.4, -0.2) is 11.0 Å². The van der Waals surface area contributed by atoms with Crippen LogP contribution in [0.15, 0.2) is 24.3 Å². The third-order valence-electron chi connectivity index (χ3n) is 1.39. The summed E-state index contributed by atoms with van der Waals surface area (Å²) in [7, 11) is 0. The Bertz CT molecular complexity index is 283. The largest absolute Gasteiger partial charge is 2.00 e. The van der Waals surface area contributed by atoms with Gasteiger partial charge in [-0.25, -0.2) is 0 Å². The van der Waals surface area contributed by atoms with E-state index in [1.165, 1.54) is 6.21 Å². The van der Waals surface area contributed by atoms with E-state index in [1.54, 1.807) is 0 Å². The van der Waals surface area contributed by atoms with Gasteiger partial charge in [0.15, 0.2) is 0 Å². The van der Waals surface area contributed by atoms with E-state index >= 15 is 0 Å². The molecule has 72 valence electrons. The molecule has 0 atom stereocenters. The maximum Gasteiger partial charge on any atom is 2.00 e. The van der Waals surface area contributed by atoms with E-state index in [1.807, 2.05) is 24.3 Å². The van der Waals surface area contributed by atoms with Gasteiger partial charge in [-0.05, 0) is 17.7 Å². The molecule has 0 saturated heterocycles. The first kappa shape index (κ1) is 19.2. The molecule has 0 aliphatic heterocycles. The molecule has 2 N–H and O–H groups in total. The van der Waals surface area contributed by atoms with E-state index in [4.69, 9.17) is 11.3 Å². The SMILES string of the molecule is [Cl-].[Cl-].[N-]=[N+]=CCc1ccc(N)cc1.[Zn+2]. The second kappa shape index (κ2) is 10.7. The third-order valence-corrected chi connectivity index (χ3v) is 1.39. The van der Waals surface area contributed by atoms with Gasteiger partial charge in [-0.2, -0.15) is 4.79 Å². The summed E-state index contributed by atoms with van der Waals surface area (Å²) in [4.78, 5) is 2.90. The van der Waals surface area contributed by atoms with Crippen molar-refractivity contribution in [3.63, 3.8) is 0 Å². The number of rotatable bonds is 2. The minimum Gasteiger partial charge on any atom is -1.00 e. The van der Waals surface area contributed by atoms with Crippen molar-refractivity contribution in [3.05, 3.63) is 35.4 Å². The molecule has 0 amide bonds. The number of hydrogen-bond donors (Lipinski definition) is 1. The second-order valence-corrected chi connectivity index (χ2v) is 2.24. The normalized spacial score (nSPS) is 6.86. The molecule has 1 rings (SSSR count). The molecule has 1 aromatic carbocycles. The number of nitrogens with two attached hydrogens (primary N) is 1. The first-order valence-electron chi connectivity index (χ1n) is 3.33. The molecule has 0 aromatic heterocycles.